The summed E-state index contributed by atoms with van der Waals surface area (Å²) in [4.78, 5) is 14.7. The van der Waals surface area contributed by atoms with E-state index in [4.69, 9.17) is 4.74 Å². The summed E-state index contributed by atoms with van der Waals surface area (Å²) < 4.78 is 31.9. The highest BCUT2D eigenvalue weighted by Gasteiger charge is 2.42. The van der Waals surface area contributed by atoms with Gasteiger partial charge in [0.1, 0.15) is 5.75 Å². The fourth-order valence-corrected chi connectivity index (χ4v) is 3.74. The number of nitrogens with one attached hydrogen (secondary N) is 2. The van der Waals surface area contributed by atoms with Crippen LogP contribution < -0.4 is 15.4 Å². The average molecular weight is 367 g/mol. The standard InChI is InChI=1S/C19H27F2N3O2/c1-26-15-7-5-14(6-8-15)17(24-9-3-2-4-10-24)12-22-18(25)16-11-19(20,21)13-23-16/h5-8,16-17,23H,2-4,9-13H2,1H3,(H,22,25). The molecule has 2 atom stereocenters. The van der Waals surface area contributed by atoms with Crippen molar-refractivity contribution in [2.45, 2.75) is 43.7 Å². The van der Waals surface area contributed by atoms with Gasteiger partial charge in [0.15, 0.2) is 0 Å². The van der Waals surface area contributed by atoms with E-state index < -0.39 is 24.9 Å². The van der Waals surface area contributed by atoms with E-state index >= 15 is 0 Å². The summed E-state index contributed by atoms with van der Waals surface area (Å²) in [6, 6.07) is 7.05. The number of carbonyl (C=O) groups is 1. The van der Waals surface area contributed by atoms with Gasteiger partial charge in [-0.1, -0.05) is 18.6 Å². The lowest BCUT2D eigenvalue weighted by molar-refractivity contribution is -0.123. The van der Waals surface area contributed by atoms with Crippen LogP contribution in [0.2, 0.25) is 0 Å². The van der Waals surface area contributed by atoms with Crippen LogP contribution in [0.25, 0.3) is 0 Å². The number of nitrogens with zero attached hydrogens (tertiary/aromatic N) is 1. The van der Waals surface area contributed by atoms with E-state index in [2.05, 4.69) is 15.5 Å². The Hall–Kier alpha value is -1.73. The molecule has 1 amide bonds. The van der Waals surface area contributed by atoms with Gasteiger partial charge in [0.05, 0.1) is 25.7 Å². The second kappa shape index (κ2) is 8.31. The molecular weight excluding hydrogens is 340 g/mol. The third-order valence-electron chi connectivity index (χ3n) is 5.23. The Morgan fingerprint density at radius 2 is 2.00 bits per heavy atom. The van der Waals surface area contributed by atoms with Crippen molar-refractivity contribution in [3.05, 3.63) is 29.8 Å². The molecule has 0 aromatic heterocycles. The van der Waals surface area contributed by atoms with Gasteiger partial charge < -0.3 is 10.1 Å². The number of benzene rings is 1. The number of alkyl halides is 2. The summed E-state index contributed by atoms with van der Waals surface area (Å²) >= 11 is 0. The summed E-state index contributed by atoms with van der Waals surface area (Å²) in [7, 11) is 1.63. The molecule has 2 unspecified atom stereocenters. The number of rotatable bonds is 6. The monoisotopic (exact) mass is 367 g/mol. The first-order chi connectivity index (χ1) is 12.5. The van der Waals surface area contributed by atoms with E-state index in [9.17, 15) is 13.6 Å². The maximum atomic E-state index is 13.3. The zero-order valence-electron chi connectivity index (χ0n) is 15.1. The molecule has 2 N–H and O–H groups in total. The summed E-state index contributed by atoms with van der Waals surface area (Å²) in [6.07, 6.45) is 3.06. The molecule has 3 rings (SSSR count). The summed E-state index contributed by atoms with van der Waals surface area (Å²) in [5.41, 5.74) is 1.10. The number of hydrogen-bond acceptors (Lipinski definition) is 4. The maximum absolute atomic E-state index is 13.3. The summed E-state index contributed by atoms with van der Waals surface area (Å²) in [5.74, 6) is -2.37. The highest BCUT2D eigenvalue weighted by atomic mass is 19.3. The van der Waals surface area contributed by atoms with Gasteiger partial charge in [-0.3, -0.25) is 15.0 Å². The Morgan fingerprint density at radius 3 is 2.58 bits per heavy atom. The van der Waals surface area contributed by atoms with Crippen molar-refractivity contribution < 1.29 is 18.3 Å². The quantitative estimate of drug-likeness (QED) is 0.810. The van der Waals surface area contributed by atoms with Gasteiger partial charge in [-0.25, -0.2) is 8.78 Å². The zero-order chi connectivity index (χ0) is 18.6. The number of piperidine rings is 1. The minimum atomic E-state index is -2.80. The third-order valence-corrected chi connectivity index (χ3v) is 5.23. The molecule has 0 radical (unpaired) electrons. The minimum absolute atomic E-state index is 0.0343. The Kier molecular flexibility index (Phi) is 6.09. The number of ether oxygens (including phenoxy) is 1. The number of halogens is 2. The van der Waals surface area contributed by atoms with Gasteiger partial charge in [-0.05, 0) is 43.6 Å². The maximum Gasteiger partial charge on any atom is 0.262 e. The van der Waals surface area contributed by atoms with Crippen LogP contribution in [0.4, 0.5) is 8.78 Å². The molecule has 2 heterocycles. The van der Waals surface area contributed by atoms with Gasteiger partial charge in [0, 0.05) is 13.0 Å². The highest BCUT2D eigenvalue weighted by molar-refractivity contribution is 5.82. The average Bonchev–Trinajstić information content (AvgIpc) is 3.03. The van der Waals surface area contributed by atoms with Crippen LogP contribution in [0.1, 0.15) is 37.3 Å². The predicted octanol–water partition coefficient (Wildman–Crippen LogP) is 2.34. The van der Waals surface area contributed by atoms with Crippen molar-refractivity contribution in [2.75, 3.05) is 33.3 Å². The van der Waals surface area contributed by atoms with Gasteiger partial charge >= 0.3 is 0 Å². The lowest BCUT2D eigenvalue weighted by Crippen LogP contribution is -2.45. The Labute approximate surface area is 153 Å². The van der Waals surface area contributed by atoms with Crippen molar-refractivity contribution in [3.63, 3.8) is 0 Å². The number of amides is 1. The second-order valence-corrected chi connectivity index (χ2v) is 7.12. The molecule has 144 valence electrons. The fraction of sp³-hybridized carbons (Fsp3) is 0.632. The van der Waals surface area contributed by atoms with Crippen LogP contribution >= 0.6 is 0 Å². The van der Waals surface area contributed by atoms with Crippen LogP contribution in [-0.2, 0) is 4.79 Å². The van der Waals surface area contributed by atoms with Gasteiger partial charge in [-0.2, -0.15) is 0 Å². The first kappa shape index (κ1) is 19.0. The highest BCUT2D eigenvalue weighted by Crippen LogP contribution is 2.27. The molecule has 2 aliphatic rings. The molecule has 26 heavy (non-hydrogen) atoms. The van der Waals surface area contributed by atoms with E-state index in [1.807, 2.05) is 24.3 Å². The Morgan fingerprint density at radius 1 is 1.31 bits per heavy atom. The molecule has 2 aliphatic heterocycles. The fourth-order valence-electron chi connectivity index (χ4n) is 3.74. The lowest BCUT2D eigenvalue weighted by atomic mass is 10.0. The molecule has 5 nitrogen and oxygen atoms in total. The molecule has 2 fully saturated rings. The number of hydrogen-bond donors (Lipinski definition) is 2. The number of carbonyl (C=O) groups excluding carboxylic acids is 1. The van der Waals surface area contributed by atoms with E-state index in [0.717, 1.165) is 37.2 Å². The van der Waals surface area contributed by atoms with Crippen LogP contribution in [-0.4, -0.2) is 56.1 Å². The Balaban J connectivity index is 1.66. The van der Waals surface area contributed by atoms with Crippen molar-refractivity contribution in [2.24, 2.45) is 0 Å². The van der Waals surface area contributed by atoms with E-state index in [1.54, 1.807) is 7.11 Å². The number of methoxy groups -OCH3 is 1. The van der Waals surface area contributed by atoms with Crippen molar-refractivity contribution in [1.82, 2.24) is 15.5 Å². The molecule has 0 aliphatic carbocycles. The van der Waals surface area contributed by atoms with Crippen molar-refractivity contribution in [3.8, 4) is 5.75 Å². The predicted molar refractivity (Wildman–Crippen MR) is 95.5 cm³/mol. The normalized spacial score (nSPS) is 24.2. The second-order valence-electron chi connectivity index (χ2n) is 7.12. The first-order valence-electron chi connectivity index (χ1n) is 9.25. The van der Waals surface area contributed by atoms with Crippen molar-refractivity contribution >= 4 is 5.91 Å². The smallest absolute Gasteiger partial charge is 0.262 e. The molecular formula is C19H27F2N3O2. The van der Waals surface area contributed by atoms with Gasteiger partial charge in [0.25, 0.3) is 5.92 Å². The van der Waals surface area contributed by atoms with E-state index in [0.29, 0.717) is 6.54 Å². The largest absolute Gasteiger partial charge is 0.497 e. The zero-order valence-corrected chi connectivity index (χ0v) is 15.1. The molecule has 1 aromatic rings. The Bertz CT molecular complexity index is 603. The third kappa shape index (κ3) is 4.71. The topological polar surface area (TPSA) is 53.6 Å². The first-order valence-corrected chi connectivity index (χ1v) is 9.25. The van der Waals surface area contributed by atoms with Crippen LogP contribution in [0, 0.1) is 0 Å². The SMILES string of the molecule is COc1ccc(C(CNC(=O)C2CC(F)(F)CN2)N2CCCCC2)cc1. The van der Waals surface area contributed by atoms with Gasteiger partial charge in [0.2, 0.25) is 5.91 Å². The summed E-state index contributed by atoms with van der Waals surface area (Å²) in [6.45, 7) is 1.94. The number of likely N-dealkylation sites (tertiary alicyclic amines) is 1. The van der Waals surface area contributed by atoms with Crippen LogP contribution in [0.5, 0.6) is 5.75 Å². The molecule has 0 spiro atoms. The van der Waals surface area contributed by atoms with E-state index in [1.165, 1.54) is 6.42 Å². The minimum Gasteiger partial charge on any atom is -0.497 e. The van der Waals surface area contributed by atoms with Gasteiger partial charge in [-0.15, -0.1) is 0 Å². The molecule has 1 aromatic carbocycles. The molecule has 0 bridgehead atoms. The van der Waals surface area contributed by atoms with Crippen molar-refractivity contribution in [1.29, 1.82) is 0 Å². The lowest BCUT2D eigenvalue weighted by Gasteiger charge is -2.35. The summed E-state index contributed by atoms with van der Waals surface area (Å²) in [5, 5.41) is 5.49. The van der Waals surface area contributed by atoms with E-state index in [-0.39, 0.29) is 11.9 Å². The molecule has 0 saturated carbocycles. The van der Waals surface area contributed by atoms with Crippen LogP contribution in [0.3, 0.4) is 0 Å². The molecule has 2 saturated heterocycles. The molecule has 7 heteroatoms. The van der Waals surface area contributed by atoms with Crippen LogP contribution in [0.15, 0.2) is 24.3 Å².